The highest BCUT2D eigenvalue weighted by atomic mass is 32.2. The highest BCUT2D eigenvalue weighted by Gasteiger charge is 1.94. The van der Waals surface area contributed by atoms with Gasteiger partial charge in [-0.15, -0.1) is 11.8 Å². The largest absolute Gasteiger partial charge is 0.168 e. The summed E-state index contributed by atoms with van der Waals surface area (Å²) in [6, 6.07) is 0. The van der Waals surface area contributed by atoms with Crippen molar-refractivity contribution in [2.24, 2.45) is 0 Å². The third kappa shape index (κ3) is 9.75. The van der Waals surface area contributed by atoms with Gasteiger partial charge in [0, 0.05) is 5.08 Å². The second-order valence-corrected chi connectivity index (χ2v) is 6.79. The average molecular weight is 232 g/mol. The standard InChI is InChI=1S/C5H12S5/c6-4-9-2-1-3-10-5(7)8/h5-8H,1-4H2. The van der Waals surface area contributed by atoms with Gasteiger partial charge in [-0.05, 0) is 17.9 Å². The van der Waals surface area contributed by atoms with Gasteiger partial charge >= 0.3 is 0 Å². The van der Waals surface area contributed by atoms with E-state index in [1.54, 1.807) is 11.8 Å². The Kier molecular flexibility index (Phi) is 10.4. The Morgan fingerprint density at radius 3 is 2.40 bits per heavy atom. The van der Waals surface area contributed by atoms with Gasteiger partial charge in [-0.1, -0.05) is 0 Å². The molecule has 0 aliphatic carbocycles. The quantitative estimate of drug-likeness (QED) is 0.366. The normalized spacial score (nSPS) is 10.8. The molecule has 5 heteroatoms. The number of thiol groups is 3. The van der Waals surface area contributed by atoms with Crippen molar-refractivity contribution in [2.75, 3.05) is 16.6 Å². The highest BCUT2D eigenvalue weighted by Crippen LogP contribution is 2.19. The number of hydrogen-bond donors (Lipinski definition) is 3. The summed E-state index contributed by atoms with van der Waals surface area (Å²) in [7, 11) is 0. The van der Waals surface area contributed by atoms with Gasteiger partial charge in [-0.2, -0.15) is 49.6 Å². The minimum absolute atomic E-state index is 0.181. The molecule has 0 saturated carbocycles. The van der Waals surface area contributed by atoms with Crippen LogP contribution in [-0.4, -0.2) is 20.5 Å². The molecule has 62 valence electrons. The van der Waals surface area contributed by atoms with Crippen LogP contribution in [0.25, 0.3) is 0 Å². The van der Waals surface area contributed by atoms with E-state index in [1.807, 2.05) is 11.8 Å². The third-order valence-corrected chi connectivity index (χ3v) is 3.82. The molecule has 0 fully saturated rings. The Morgan fingerprint density at radius 1 is 1.20 bits per heavy atom. The Hall–Kier alpha value is 1.75. The van der Waals surface area contributed by atoms with E-state index in [1.165, 1.54) is 12.2 Å². The zero-order valence-electron chi connectivity index (χ0n) is 5.56. The van der Waals surface area contributed by atoms with Crippen molar-refractivity contribution in [2.45, 2.75) is 10.3 Å². The van der Waals surface area contributed by atoms with Gasteiger partial charge in [0.1, 0.15) is 0 Å². The summed E-state index contributed by atoms with van der Waals surface area (Å²) in [6.45, 7) is 0. The zero-order valence-corrected chi connectivity index (χ0v) is 9.88. The van der Waals surface area contributed by atoms with E-state index < -0.39 is 0 Å². The van der Waals surface area contributed by atoms with Crippen molar-refractivity contribution < 1.29 is 0 Å². The van der Waals surface area contributed by atoms with Crippen LogP contribution in [0.5, 0.6) is 0 Å². The van der Waals surface area contributed by atoms with Crippen LogP contribution in [0.2, 0.25) is 0 Å². The first-order valence-corrected chi connectivity index (χ1v) is 6.80. The highest BCUT2D eigenvalue weighted by molar-refractivity contribution is 8.22. The average Bonchev–Trinajstić information content (AvgIpc) is 1.87. The summed E-state index contributed by atoms with van der Waals surface area (Å²) in [6.07, 6.45) is 1.23. The van der Waals surface area contributed by atoms with E-state index in [2.05, 4.69) is 37.9 Å². The fourth-order valence-electron chi connectivity index (χ4n) is 0.414. The smallest absolute Gasteiger partial charge is 0.0899 e. The fourth-order valence-corrected chi connectivity index (χ4v) is 2.62. The second-order valence-electron chi connectivity index (χ2n) is 1.59. The van der Waals surface area contributed by atoms with Gasteiger partial charge in [0.05, 0.1) is 3.91 Å². The molecule has 0 heterocycles. The van der Waals surface area contributed by atoms with Gasteiger partial charge in [0.2, 0.25) is 0 Å². The molecule has 0 aromatic rings. The van der Waals surface area contributed by atoms with E-state index in [9.17, 15) is 0 Å². The van der Waals surface area contributed by atoms with Crippen molar-refractivity contribution in [3.05, 3.63) is 0 Å². The van der Waals surface area contributed by atoms with Crippen molar-refractivity contribution in [1.82, 2.24) is 0 Å². The lowest BCUT2D eigenvalue weighted by Crippen LogP contribution is -1.86. The van der Waals surface area contributed by atoms with Gasteiger partial charge in [0.25, 0.3) is 0 Å². The van der Waals surface area contributed by atoms with Gasteiger partial charge in [-0.3, -0.25) is 0 Å². The van der Waals surface area contributed by atoms with Crippen LogP contribution in [0.15, 0.2) is 0 Å². The molecule has 0 N–H and O–H groups in total. The molecule has 0 rings (SSSR count). The zero-order chi connectivity index (χ0) is 7.82. The SMILES string of the molecule is SCSCCCSC(S)S. The van der Waals surface area contributed by atoms with Crippen molar-refractivity contribution in [3.63, 3.8) is 0 Å². The van der Waals surface area contributed by atoms with Crippen LogP contribution < -0.4 is 0 Å². The molecule has 10 heavy (non-hydrogen) atoms. The van der Waals surface area contributed by atoms with Gasteiger partial charge < -0.3 is 0 Å². The molecule has 0 aliphatic rings. The Morgan fingerprint density at radius 2 is 1.90 bits per heavy atom. The van der Waals surface area contributed by atoms with E-state index in [-0.39, 0.29) is 3.91 Å². The summed E-state index contributed by atoms with van der Waals surface area (Å²) >= 11 is 16.0. The first-order chi connectivity index (χ1) is 4.77. The topological polar surface area (TPSA) is 0 Å². The molecule has 0 bridgehead atoms. The van der Waals surface area contributed by atoms with Crippen LogP contribution in [-0.2, 0) is 0 Å². The Labute approximate surface area is 87.9 Å². The summed E-state index contributed by atoms with van der Waals surface area (Å²) in [5.41, 5.74) is 0. The number of thioether (sulfide) groups is 2. The fraction of sp³-hybridized carbons (Fsp3) is 1.00. The third-order valence-electron chi connectivity index (χ3n) is 0.791. The maximum absolute atomic E-state index is 4.13. The summed E-state index contributed by atoms with van der Waals surface area (Å²) in [5.74, 6) is 2.35. The summed E-state index contributed by atoms with van der Waals surface area (Å²) < 4.78 is 0.181. The van der Waals surface area contributed by atoms with Crippen molar-refractivity contribution >= 4 is 61.4 Å². The predicted molar refractivity (Wildman–Crippen MR) is 65.1 cm³/mol. The Bertz CT molecular complexity index is 65.1. The molecule has 0 atom stereocenters. The van der Waals surface area contributed by atoms with E-state index >= 15 is 0 Å². The van der Waals surface area contributed by atoms with Crippen molar-refractivity contribution in [1.29, 1.82) is 0 Å². The lowest BCUT2D eigenvalue weighted by atomic mass is 10.6. The van der Waals surface area contributed by atoms with Crippen LogP contribution in [0.1, 0.15) is 6.42 Å². The summed E-state index contributed by atoms with van der Waals surface area (Å²) in [5, 5.41) is 0.926. The second kappa shape index (κ2) is 8.84. The van der Waals surface area contributed by atoms with Crippen LogP contribution in [0.4, 0.5) is 0 Å². The minimum atomic E-state index is 0.181. The molecular formula is C5H12S5. The first-order valence-electron chi connectivity index (χ1n) is 2.93. The molecule has 0 aliphatic heterocycles. The molecular weight excluding hydrogens is 220 g/mol. The number of hydrogen-bond acceptors (Lipinski definition) is 5. The maximum atomic E-state index is 4.13. The minimum Gasteiger partial charge on any atom is -0.168 e. The first kappa shape index (κ1) is 11.8. The number of rotatable bonds is 6. The van der Waals surface area contributed by atoms with Crippen molar-refractivity contribution in [3.8, 4) is 0 Å². The van der Waals surface area contributed by atoms with Gasteiger partial charge in [-0.25, -0.2) is 0 Å². The molecule has 0 aromatic heterocycles. The van der Waals surface area contributed by atoms with Crippen LogP contribution >= 0.6 is 61.4 Å². The van der Waals surface area contributed by atoms with E-state index in [0.29, 0.717) is 0 Å². The monoisotopic (exact) mass is 232 g/mol. The molecule has 0 spiro atoms. The molecule has 0 radical (unpaired) electrons. The molecule has 0 nitrogen and oxygen atoms in total. The molecule has 0 unspecified atom stereocenters. The van der Waals surface area contributed by atoms with Crippen LogP contribution in [0, 0.1) is 0 Å². The summed E-state index contributed by atoms with van der Waals surface area (Å²) in [4.78, 5) is 0. The Balaban J connectivity index is 2.77. The molecule has 0 amide bonds. The van der Waals surface area contributed by atoms with E-state index in [0.717, 1.165) is 10.8 Å². The van der Waals surface area contributed by atoms with E-state index in [4.69, 9.17) is 0 Å². The maximum Gasteiger partial charge on any atom is 0.0899 e. The predicted octanol–water partition coefficient (Wildman–Crippen LogP) is 2.87. The van der Waals surface area contributed by atoms with Gasteiger partial charge in [0.15, 0.2) is 0 Å². The lowest BCUT2D eigenvalue weighted by molar-refractivity contribution is 1.13. The van der Waals surface area contributed by atoms with Crippen LogP contribution in [0.3, 0.4) is 0 Å². The molecule has 0 saturated heterocycles. The lowest BCUT2D eigenvalue weighted by Gasteiger charge is -2.01. The molecule has 0 aromatic carbocycles.